The van der Waals surface area contributed by atoms with Crippen molar-refractivity contribution < 1.29 is 51.4 Å². The number of aliphatic hydroxyl groups is 2. The maximum atomic E-state index is 13.1. The lowest BCUT2D eigenvalue weighted by Gasteiger charge is -2.22. The number of carbonyl (C=O) groups excluding carboxylic acids is 4. The number of rotatable bonds is 28. The fourth-order valence-corrected chi connectivity index (χ4v) is 10.4. The van der Waals surface area contributed by atoms with Gasteiger partial charge in [-0.25, -0.2) is 26.3 Å². The van der Waals surface area contributed by atoms with E-state index in [1.165, 1.54) is 0 Å². The van der Waals surface area contributed by atoms with Gasteiger partial charge in [0.15, 0.2) is 5.84 Å². The molecular weight excluding hydrogens is 1050 g/mol. The molecule has 418 valence electrons. The minimum atomic E-state index is -3.96. The zero-order valence-electron chi connectivity index (χ0n) is 43.1. The lowest BCUT2D eigenvalue weighted by atomic mass is 10.0. The number of amidine groups is 2. The molecule has 0 aliphatic carbocycles. The standard InChI is InChI=1S/C28H33N5O6S.C28H33N5O5S/c29-26(32-37)23-14-11-21(12-15-23)17-30-27(35)24(16-13-20-7-3-1-4-8-20)31-28(36)25(18-34)33-40(38,39)19-22-9-5-2-6-10-22;29-26(30)23-14-11-21(12-15-23)17-31-27(35)24(16-13-20-7-3-1-4-8-20)32-28(36)25(18-34)33-39(37,38)19-22-9-5-2-6-10-22/h1-12,14-15,24-25,33-34,37H,13,16-19H2,(H2,29,32)(H,30,35)(H,31,36);1-12,14-15,24-25,33-34H,13,16-19H2,(H3,29,30)(H,31,35)(H,32,36)/t2*24-,25+/m00/s1. The molecule has 6 rings (SSSR count). The van der Waals surface area contributed by atoms with Crippen molar-refractivity contribution in [1.29, 1.82) is 5.41 Å². The SMILES string of the molecule is N/C(=N\O)c1ccc(CNC(=O)[C@H](CCc2ccccc2)NC(=O)[C@@H](CO)NS(=O)(=O)Cc2ccccc2)cc1.N=C(N)c1ccc(CNC(=O)[C@H](CCc2ccccc2)NC(=O)[C@@H](CO)NS(=O)(=O)Cc2ccccc2)cc1. The molecule has 0 spiro atoms. The second kappa shape index (κ2) is 31.2. The Morgan fingerprint density at radius 3 is 1.10 bits per heavy atom. The van der Waals surface area contributed by atoms with E-state index in [9.17, 15) is 46.2 Å². The summed E-state index contributed by atoms with van der Waals surface area (Å²) in [7, 11) is -7.92. The highest BCUT2D eigenvalue weighted by atomic mass is 32.2. The van der Waals surface area contributed by atoms with Crippen LogP contribution in [0.2, 0.25) is 0 Å². The Morgan fingerprint density at radius 1 is 0.456 bits per heavy atom. The number of hydrogen-bond donors (Lipinski definition) is 12. The third kappa shape index (κ3) is 21.6. The number of nitrogen functional groups attached to an aromatic ring is 1. The predicted octanol–water partition coefficient (Wildman–Crippen LogP) is 2.18. The number of nitrogens with one attached hydrogen (secondary N) is 7. The molecule has 4 atom stereocenters. The minimum Gasteiger partial charge on any atom is -0.409 e. The fraction of sp³-hybridized carbons (Fsp3) is 0.250. The molecule has 14 N–H and O–H groups in total. The first-order valence-electron chi connectivity index (χ1n) is 24.9. The van der Waals surface area contributed by atoms with Crippen molar-refractivity contribution in [2.75, 3.05) is 13.2 Å². The molecule has 0 heterocycles. The monoisotopic (exact) mass is 1120 g/mol. The number of nitrogens with two attached hydrogens (primary N) is 2. The number of carbonyl (C=O) groups is 4. The average molecular weight is 1120 g/mol. The Kier molecular flexibility index (Phi) is 24.3. The van der Waals surface area contributed by atoms with Gasteiger partial charge in [0.1, 0.15) is 30.0 Å². The second-order valence-electron chi connectivity index (χ2n) is 18.1. The predicted molar refractivity (Wildman–Crippen MR) is 300 cm³/mol. The van der Waals surface area contributed by atoms with Crippen LogP contribution in [0.1, 0.15) is 57.3 Å². The summed E-state index contributed by atoms with van der Waals surface area (Å²) < 4.78 is 55.0. The summed E-state index contributed by atoms with van der Waals surface area (Å²) in [6.45, 7) is -1.27. The van der Waals surface area contributed by atoms with Gasteiger partial charge in [0.25, 0.3) is 0 Å². The van der Waals surface area contributed by atoms with E-state index in [0.29, 0.717) is 35.1 Å². The van der Waals surface area contributed by atoms with Crippen molar-refractivity contribution in [1.82, 2.24) is 30.7 Å². The van der Waals surface area contributed by atoms with Gasteiger partial charge in [0, 0.05) is 24.2 Å². The van der Waals surface area contributed by atoms with Crippen LogP contribution < -0.4 is 42.2 Å². The molecule has 4 amide bonds. The average Bonchev–Trinajstić information content (AvgIpc) is 3.45. The molecule has 21 nitrogen and oxygen atoms in total. The van der Waals surface area contributed by atoms with Gasteiger partial charge in [-0.3, -0.25) is 24.6 Å². The summed E-state index contributed by atoms with van der Waals surface area (Å²) in [5.74, 6) is -3.41. The summed E-state index contributed by atoms with van der Waals surface area (Å²) in [5.41, 5.74) is 16.6. The number of benzene rings is 6. The number of oxime groups is 1. The minimum absolute atomic E-state index is 0.0443. The molecule has 6 aromatic carbocycles. The number of aryl methyl sites for hydroxylation is 2. The van der Waals surface area contributed by atoms with Gasteiger partial charge < -0.3 is 48.2 Å². The van der Waals surface area contributed by atoms with E-state index in [0.717, 1.165) is 22.3 Å². The Balaban J connectivity index is 0.000000291. The van der Waals surface area contributed by atoms with Gasteiger partial charge in [-0.2, -0.15) is 0 Å². The molecule has 0 radical (unpaired) electrons. The van der Waals surface area contributed by atoms with E-state index < -0.39 is 81.1 Å². The number of aliphatic hydroxyl groups excluding tert-OH is 2. The number of nitrogens with zero attached hydrogens (tertiary/aromatic N) is 1. The van der Waals surface area contributed by atoms with Crippen molar-refractivity contribution in [3.8, 4) is 0 Å². The maximum absolute atomic E-state index is 13.1. The first-order valence-corrected chi connectivity index (χ1v) is 28.2. The van der Waals surface area contributed by atoms with Crippen molar-refractivity contribution in [3.63, 3.8) is 0 Å². The van der Waals surface area contributed by atoms with E-state index >= 15 is 0 Å². The van der Waals surface area contributed by atoms with Crippen molar-refractivity contribution in [2.45, 2.75) is 74.4 Å². The van der Waals surface area contributed by atoms with Gasteiger partial charge in [0.05, 0.1) is 24.7 Å². The van der Waals surface area contributed by atoms with E-state index in [1.54, 1.807) is 109 Å². The van der Waals surface area contributed by atoms with Gasteiger partial charge in [-0.05, 0) is 59.1 Å². The van der Waals surface area contributed by atoms with E-state index in [2.05, 4.69) is 35.9 Å². The van der Waals surface area contributed by atoms with Crippen LogP contribution in [0.4, 0.5) is 0 Å². The van der Waals surface area contributed by atoms with Crippen LogP contribution in [-0.2, 0) is 76.7 Å². The van der Waals surface area contributed by atoms with Crippen LogP contribution >= 0.6 is 0 Å². The van der Waals surface area contributed by atoms with Crippen molar-refractivity contribution in [3.05, 3.63) is 214 Å². The molecule has 0 unspecified atom stereocenters. The maximum Gasteiger partial charge on any atom is 0.242 e. The molecular formula is C56H66N10O11S2. The third-order valence-electron chi connectivity index (χ3n) is 12.0. The Morgan fingerprint density at radius 2 is 0.785 bits per heavy atom. The summed E-state index contributed by atoms with van der Waals surface area (Å²) in [6.07, 6.45) is 1.44. The highest BCUT2D eigenvalue weighted by Crippen LogP contribution is 2.12. The topological polar surface area (TPSA) is 358 Å². The van der Waals surface area contributed by atoms with Crippen molar-refractivity contribution >= 4 is 55.3 Å². The first-order chi connectivity index (χ1) is 37.9. The molecule has 0 fully saturated rings. The molecule has 0 aliphatic rings. The van der Waals surface area contributed by atoms with Gasteiger partial charge in [-0.1, -0.05) is 175 Å². The van der Waals surface area contributed by atoms with Crippen LogP contribution in [0.15, 0.2) is 175 Å². The molecule has 0 aliphatic heterocycles. The van der Waals surface area contributed by atoms with Crippen LogP contribution in [0.25, 0.3) is 0 Å². The third-order valence-corrected chi connectivity index (χ3v) is 14.7. The van der Waals surface area contributed by atoms with Crippen LogP contribution in [0, 0.1) is 5.41 Å². The van der Waals surface area contributed by atoms with Crippen molar-refractivity contribution in [2.24, 2.45) is 16.6 Å². The molecule has 0 saturated heterocycles. The number of amides is 4. The summed E-state index contributed by atoms with van der Waals surface area (Å²) in [6, 6.07) is 44.3. The number of hydrogen-bond acceptors (Lipinski definition) is 13. The van der Waals surface area contributed by atoms with Crippen LogP contribution in [0.5, 0.6) is 0 Å². The quantitative estimate of drug-likeness (QED) is 0.0145. The van der Waals surface area contributed by atoms with Crippen LogP contribution in [0.3, 0.4) is 0 Å². The highest BCUT2D eigenvalue weighted by molar-refractivity contribution is 7.89. The molecule has 79 heavy (non-hydrogen) atoms. The van der Waals surface area contributed by atoms with E-state index in [4.69, 9.17) is 22.1 Å². The Labute approximate surface area is 459 Å². The lowest BCUT2D eigenvalue weighted by molar-refractivity contribution is -0.130. The van der Waals surface area contributed by atoms with Gasteiger partial charge in [-0.15, -0.1) is 0 Å². The molecule has 6 aromatic rings. The zero-order chi connectivity index (χ0) is 57.2. The molecule has 0 bridgehead atoms. The normalized spacial score (nSPS) is 13.0. The fourth-order valence-electron chi connectivity index (χ4n) is 7.72. The summed E-state index contributed by atoms with van der Waals surface area (Å²) in [5, 5.41) is 49.6. The van der Waals surface area contributed by atoms with Gasteiger partial charge in [0.2, 0.25) is 43.7 Å². The van der Waals surface area contributed by atoms with E-state index in [1.807, 2.05) is 60.7 Å². The zero-order valence-corrected chi connectivity index (χ0v) is 44.7. The van der Waals surface area contributed by atoms with Gasteiger partial charge >= 0.3 is 0 Å². The molecule has 0 saturated carbocycles. The molecule has 0 aromatic heterocycles. The molecule has 23 heteroatoms. The smallest absolute Gasteiger partial charge is 0.242 e. The number of sulfonamides is 2. The summed E-state index contributed by atoms with van der Waals surface area (Å²) in [4.78, 5) is 52.2. The summed E-state index contributed by atoms with van der Waals surface area (Å²) >= 11 is 0. The highest BCUT2D eigenvalue weighted by Gasteiger charge is 2.30. The van der Waals surface area contributed by atoms with Crippen LogP contribution in [-0.4, -0.2) is 105 Å². The van der Waals surface area contributed by atoms with E-state index in [-0.39, 0.29) is 49.1 Å². The Bertz CT molecular complexity index is 3160. The first kappa shape index (κ1) is 61.5. The Hall–Kier alpha value is -8.32. The largest absolute Gasteiger partial charge is 0.409 e. The second-order valence-corrected chi connectivity index (χ2v) is 21.6. The lowest BCUT2D eigenvalue weighted by Crippen LogP contribution is -2.55.